The van der Waals surface area contributed by atoms with Crippen LogP contribution in [0, 0.1) is 6.92 Å². The van der Waals surface area contributed by atoms with Gasteiger partial charge >= 0.3 is 0 Å². The molecule has 5 nitrogen and oxygen atoms in total. The van der Waals surface area contributed by atoms with Crippen LogP contribution in [0.2, 0.25) is 0 Å². The van der Waals surface area contributed by atoms with Gasteiger partial charge in [-0.25, -0.2) is 4.98 Å². The van der Waals surface area contributed by atoms with E-state index in [0.717, 1.165) is 25.2 Å². The SMILES string of the molecule is Cc1ncsc1CCC(=O)NC[C@H]1CN(c2ccccc2)CCO1. The van der Waals surface area contributed by atoms with Crippen LogP contribution >= 0.6 is 11.3 Å². The van der Waals surface area contributed by atoms with E-state index in [9.17, 15) is 4.79 Å². The first-order chi connectivity index (χ1) is 11.7. The highest BCUT2D eigenvalue weighted by Gasteiger charge is 2.21. The molecule has 2 heterocycles. The number of anilines is 1. The standard InChI is InChI=1S/C18H23N3O2S/c1-14-17(24-13-20-14)7-8-18(22)19-11-16-12-21(9-10-23-16)15-5-3-2-4-6-15/h2-6,13,16H,7-12H2,1H3,(H,19,22)/t16-/m0/s1. The number of rotatable bonds is 6. The van der Waals surface area contributed by atoms with Crippen molar-refractivity contribution in [3.63, 3.8) is 0 Å². The number of aromatic nitrogens is 1. The largest absolute Gasteiger partial charge is 0.373 e. The lowest BCUT2D eigenvalue weighted by Gasteiger charge is -2.34. The lowest BCUT2D eigenvalue weighted by molar-refractivity contribution is -0.121. The summed E-state index contributed by atoms with van der Waals surface area (Å²) in [5, 5.41) is 3.00. The van der Waals surface area contributed by atoms with E-state index in [1.807, 2.05) is 30.6 Å². The monoisotopic (exact) mass is 345 g/mol. The van der Waals surface area contributed by atoms with Gasteiger partial charge in [0, 0.05) is 36.6 Å². The number of thiazole rings is 1. The second kappa shape index (κ2) is 8.26. The van der Waals surface area contributed by atoms with Crippen molar-refractivity contribution in [3.8, 4) is 0 Å². The van der Waals surface area contributed by atoms with E-state index < -0.39 is 0 Å². The normalized spacial score (nSPS) is 17.7. The summed E-state index contributed by atoms with van der Waals surface area (Å²) >= 11 is 1.61. The molecule has 0 bridgehead atoms. The molecule has 1 saturated heterocycles. The minimum atomic E-state index is 0.0352. The van der Waals surface area contributed by atoms with Gasteiger partial charge in [0.15, 0.2) is 0 Å². The van der Waals surface area contributed by atoms with Crippen LogP contribution < -0.4 is 10.2 Å². The molecule has 2 aromatic rings. The Morgan fingerprint density at radius 3 is 3.00 bits per heavy atom. The van der Waals surface area contributed by atoms with Gasteiger partial charge in [-0.2, -0.15) is 0 Å². The van der Waals surface area contributed by atoms with Crippen molar-refractivity contribution >= 4 is 22.9 Å². The molecule has 0 radical (unpaired) electrons. The third-order valence-corrected chi connectivity index (χ3v) is 5.21. The van der Waals surface area contributed by atoms with Gasteiger partial charge in [0.2, 0.25) is 5.91 Å². The number of amides is 1. The van der Waals surface area contributed by atoms with Crippen molar-refractivity contribution in [3.05, 3.63) is 46.4 Å². The molecule has 128 valence electrons. The van der Waals surface area contributed by atoms with Crippen molar-refractivity contribution in [2.45, 2.75) is 25.9 Å². The van der Waals surface area contributed by atoms with Crippen LogP contribution in [-0.2, 0) is 16.0 Å². The second-order valence-electron chi connectivity index (χ2n) is 5.94. The minimum absolute atomic E-state index is 0.0352. The maximum absolute atomic E-state index is 12.0. The Bertz CT molecular complexity index is 659. The Morgan fingerprint density at radius 2 is 2.25 bits per heavy atom. The number of morpholine rings is 1. The first kappa shape index (κ1) is 16.9. The molecule has 24 heavy (non-hydrogen) atoms. The van der Waals surface area contributed by atoms with Crippen molar-refractivity contribution in [1.82, 2.24) is 10.3 Å². The summed E-state index contributed by atoms with van der Waals surface area (Å²) in [6, 6.07) is 10.3. The molecule has 1 aromatic carbocycles. The summed E-state index contributed by atoms with van der Waals surface area (Å²) in [6.07, 6.45) is 1.29. The van der Waals surface area contributed by atoms with E-state index in [2.05, 4.69) is 27.3 Å². The molecule has 3 rings (SSSR count). The molecule has 1 aliphatic heterocycles. The quantitative estimate of drug-likeness (QED) is 0.873. The van der Waals surface area contributed by atoms with Gasteiger partial charge in [-0.3, -0.25) is 4.79 Å². The smallest absolute Gasteiger partial charge is 0.220 e. The minimum Gasteiger partial charge on any atom is -0.373 e. The number of para-hydroxylation sites is 1. The highest BCUT2D eigenvalue weighted by molar-refractivity contribution is 7.09. The number of hydrogen-bond acceptors (Lipinski definition) is 5. The Labute approximate surface area is 146 Å². The van der Waals surface area contributed by atoms with E-state index in [-0.39, 0.29) is 12.0 Å². The van der Waals surface area contributed by atoms with Gasteiger partial charge in [0.25, 0.3) is 0 Å². The summed E-state index contributed by atoms with van der Waals surface area (Å²) < 4.78 is 5.79. The van der Waals surface area contributed by atoms with Crippen LogP contribution in [0.25, 0.3) is 0 Å². The number of aryl methyl sites for hydroxylation is 2. The first-order valence-corrected chi connectivity index (χ1v) is 9.17. The molecule has 1 aromatic heterocycles. The second-order valence-corrected chi connectivity index (χ2v) is 6.88. The zero-order valence-corrected chi connectivity index (χ0v) is 14.7. The molecule has 1 aliphatic rings. The lowest BCUT2D eigenvalue weighted by Crippen LogP contribution is -2.47. The molecule has 1 atom stereocenters. The van der Waals surface area contributed by atoms with Crippen LogP contribution in [0.3, 0.4) is 0 Å². The Morgan fingerprint density at radius 1 is 1.42 bits per heavy atom. The summed E-state index contributed by atoms with van der Waals surface area (Å²) in [5.74, 6) is 0.0724. The van der Waals surface area contributed by atoms with Crippen LogP contribution in [0.1, 0.15) is 17.0 Å². The number of nitrogens with zero attached hydrogens (tertiary/aromatic N) is 2. The van der Waals surface area contributed by atoms with Gasteiger partial charge in [0.1, 0.15) is 0 Å². The number of ether oxygens (including phenoxy) is 1. The average Bonchev–Trinajstić information content (AvgIpc) is 3.04. The van der Waals surface area contributed by atoms with Crippen molar-refractivity contribution in [2.24, 2.45) is 0 Å². The first-order valence-electron chi connectivity index (χ1n) is 8.29. The predicted molar refractivity (Wildman–Crippen MR) is 96.6 cm³/mol. The van der Waals surface area contributed by atoms with Gasteiger partial charge < -0.3 is 15.0 Å². The zero-order chi connectivity index (χ0) is 16.8. The fraction of sp³-hybridized carbons (Fsp3) is 0.444. The third kappa shape index (κ3) is 4.55. The zero-order valence-electron chi connectivity index (χ0n) is 13.9. The van der Waals surface area contributed by atoms with E-state index in [4.69, 9.17) is 4.74 Å². The molecule has 1 N–H and O–H groups in total. The lowest BCUT2D eigenvalue weighted by atomic mass is 10.2. The molecule has 0 aliphatic carbocycles. The fourth-order valence-electron chi connectivity index (χ4n) is 2.83. The van der Waals surface area contributed by atoms with Gasteiger partial charge in [-0.05, 0) is 25.5 Å². The van der Waals surface area contributed by atoms with Gasteiger partial charge in [-0.15, -0.1) is 11.3 Å². The van der Waals surface area contributed by atoms with Crippen LogP contribution in [0.4, 0.5) is 5.69 Å². The highest BCUT2D eigenvalue weighted by atomic mass is 32.1. The number of nitrogens with one attached hydrogen (secondary N) is 1. The van der Waals surface area contributed by atoms with Crippen molar-refractivity contribution in [2.75, 3.05) is 31.1 Å². The van der Waals surface area contributed by atoms with E-state index in [1.54, 1.807) is 11.3 Å². The van der Waals surface area contributed by atoms with Gasteiger partial charge in [-0.1, -0.05) is 18.2 Å². The van der Waals surface area contributed by atoms with E-state index in [1.165, 1.54) is 10.6 Å². The topological polar surface area (TPSA) is 54.5 Å². The van der Waals surface area contributed by atoms with E-state index >= 15 is 0 Å². The number of carbonyl (C=O) groups is 1. The molecule has 0 spiro atoms. The number of hydrogen-bond donors (Lipinski definition) is 1. The van der Waals surface area contributed by atoms with Crippen molar-refractivity contribution in [1.29, 1.82) is 0 Å². The maximum Gasteiger partial charge on any atom is 0.220 e. The molecule has 0 saturated carbocycles. The Balaban J connectivity index is 1.42. The maximum atomic E-state index is 12.0. The molecule has 6 heteroatoms. The van der Waals surface area contributed by atoms with Crippen LogP contribution in [-0.4, -0.2) is 43.2 Å². The highest BCUT2D eigenvalue weighted by Crippen LogP contribution is 2.17. The molecule has 1 amide bonds. The molecular weight excluding hydrogens is 322 g/mol. The fourth-order valence-corrected chi connectivity index (χ4v) is 3.61. The molecule has 0 unspecified atom stereocenters. The molecular formula is C18H23N3O2S. The van der Waals surface area contributed by atoms with E-state index in [0.29, 0.717) is 19.6 Å². The predicted octanol–water partition coefficient (Wildman–Crippen LogP) is 2.41. The summed E-state index contributed by atoms with van der Waals surface area (Å²) in [6.45, 7) is 4.93. The number of benzene rings is 1. The summed E-state index contributed by atoms with van der Waals surface area (Å²) in [4.78, 5) is 19.8. The Hall–Kier alpha value is -1.92. The van der Waals surface area contributed by atoms with Crippen LogP contribution in [0.5, 0.6) is 0 Å². The Kier molecular flexibility index (Phi) is 5.82. The third-order valence-electron chi connectivity index (χ3n) is 4.21. The molecule has 1 fully saturated rings. The summed E-state index contributed by atoms with van der Waals surface area (Å²) in [7, 11) is 0. The van der Waals surface area contributed by atoms with Crippen LogP contribution in [0.15, 0.2) is 35.8 Å². The average molecular weight is 345 g/mol. The number of carbonyl (C=O) groups excluding carboxylic acids is 1. The van der Waals surface area contributed by atoms with Crippen molar-refractivity contribution < 1.29 is 9.53 Å². The van der Waals surface area contributed by atoms with Gasteiger partial charge in [0.05, 0.1) is 23.9 Å². The summed E-state index contributed by atoms with van der Waals surface area (Å²) in [5.41, 5.74) is 4.07.